The molecule has 28 heavy (non-hydrogen) atoms. The van der Waals surface area contributed by atoms with Crippen molar-refractivity contribution in [3.05, 3.63) is 34.5 Å². The van der Waals surface area contributed by atoms with Crippen molar-refractivity contribution in [2.24, 2.45) is 11.8 Å². The molecule has 0 spiro atoms. The highest BCUT2D eigenvalue weighted by atomic mass is 35.5. The lowest BCUT2D eigenvalue weighted by atomic mass is 9.89. The summed E-state index contributed by atoms with van der Waals surface area (Å²) in [4.78, 5) is 20.3. The molecule has 4 rings (SSSR count). The average Bonchev–Trinajstić information content (AvgIpc) is 2.95. The molecule has 1 aromatic heterocycles. The molecule has 2 aliphatic heterocycles. The molecule has 0 bridgehead atoms. The van der Waals surface area contributed by atoms with Crippen LogP contribution in [-0.4, -0.2) is 53.3 Å². The number of H-pyrrole nitrogens is 1. The first kappa shape index (κ1) is 19.6. The minimum Gasteiger partial charge on any atom is -0.356 e. The monoisotopic (exact) mass is 409 g/mol. The molecule has 0 unspecified atom stereocenters. The second-order valence-corrected chi connectivity index (χ2v) is 8.88. The minimum atomic E-state index is -2.35. The maximum absolute atomic E-state index is 13.2. The van der Waals surface area contributed by atoms with Crippen LogP contribution in [0.5, 0.6) is 0 Å². The van der Waals surface area contributed by atoms with Crippen LogP contribution in [0.3, 0.4) is 0 Å². The molecule has 0 aliphatic carbocycles. The van der Waals surface area contributed by atoms with Crippen molar-refractivity contribution >= 4 is 28.4 Å². The number of aromatic amines is 1. The van der Waals surface area contributed by atoms with Crippen molar-refractivity contribution in [2.45, 2.75) is 39.2 Å². The van der Waals surface area contributed by atoms with Gasteiger partial charge in [-0.2, -0.15) is 0 Å². The van der Waals surface area contributed by atoms with E-state index in [1.807, 2.05) is 23.1 Å². The number of carbonyl (C=O) groups is 1. The zero-order chi connectivity index (χ0) is 20.0. The van der Waals surface area contributed by atoms with Crippen LogP contribution in [0.2, 0.25) is 5.02 Å². The summed E-state index contributed by atoms with van der Waals surface area (Å²) in [5.74, 6) is 0.352. The standard InChI is InChI=1S/C21H26ClF2N3O/c1-12(2)7-18-20-15(16-8-14(22)3-4-17(16)25-20)5-6-27(18)21(28)13-9-26(10-13)11-19(23)24/h3-4,8,12-13,18-19,25H,5-7,9-11H2,1-2H3/t18-/m0/s1. The van der Waals surface area contributed by atoms with Crippen LogP contribution in [0.15, 0.2) is 18.2 Å². The fourth-order valence-corrected chi connectivity index (χ4v) is 4.77. The zero-order valence-corrected chi connectivity index (χ0v) is 17.0. The van der Waals surface area contributed by atoms with Crippen molar-refractivity contribution in [1.29, 1.82) is 0 Å². The predicted molar refractivity (Wildman–Crippen MR) is 107 cm³/mol. The van der Waals surface area contributed by atoms with Gasteiger partial charge in [0.1, 0.15) is 0 Å². The van der Waals surface area contributed by atoms with Crippen molar-refractivity contribution < 1.29 is 13.6 Å². The molecule has 0 saturated carbocycles. The number of halogens is 3. The lowest BCUT2D eigenvalue weighted by Crippen LogP contribution is -2.56. The van der Waals surface area contributed by atoms with E-state index >= 15 is 0 Å². The van der Waals surface area contributed by atoms with Gasteiger partial charge in [0.2, 0.25) is 5.91 Å². The molecule has 1 amide bonds. The number of hydrogen-bond acceptors (Lipinski definition) is 2. The van der Waals surface area contributed by atoms with Gasteiger partial charge < -0.3 is 9.88 Å². The van der Waals surface area contributed by atoms with Gasteiger partial charge in [0.25, 0.3) is 6.43 Å². The highest BCUT2D eigenvalue weighted by Gasteiger charge is 2.41. The lowest BCUT2D eigenvalue weighted by molar-refractivity contribution is -0.145. The Morgan fingerprint density at radius 2 is 2.07 bits per heavy atom. The Balaban J connectivity index is 1.59. The second kappa shape index (κ2) is 7.64. The molecule has 152 valence electrons. The van der Waals surface area contributed by atoms with Crippen LogP contribution in [0, 0.1) is 11.8 Å². The Labute approximate surface area is 168 Å². The van der Waals surface area contributed by atoms with Crippen LogP contribution in [0.25, 0.3) is 10.9 Å². The third kappa shape index (κ3) is 3.64. The first-order valence-corrected chi connectivity index (χ1v) is 10.3. The number of fused-ring (bicyclic) bond motifs is 3. The first-order valence-electron chi connectivity index (χ1n) is 9.94. The molecular weight excluding hydrogens is 384 g/mol. The van der Waals surface area contributed by atoms with Gasteiger partial charge in [0, 0.05) is 41.3 Å². The van der Waals surface area contributed by atoms with Gasteiger partial charge in [0.15, 0.2) is 0 Å². The molecule has 1 atom stereocenters. The molecule has 7 heteroatoms. The fourth-order valence-electron chi connectivity index (χ4n) is 4.60. The van der Waals surface area contributed by atoms with Gasteiger partial charge in [-0.15, -0.1) is 0 Å². The van der Waals surface area contributed by atoms with E-state index in [9.17, 15) is 13.6 Å². The van der Waals surface area contributed by atoms with Gasteiger partial charge in [0.05, 0.1) is 18.5 Å². The molecule has 1 N–H and O–H groups in total. The van der Waals surface area contributed by atoms with Crippen molar-refractivity contribution in [2.75, 3.05) is 26.2 Å². The number of alkyl halides is 2. The van der Waals surface area contributed by atoms with Crippen LogP contribution >= 0.6 is 11.6 Å². The van der Waals surface area contributed by atoms with Gasteiger partial charge in [-0.3, -0.25) is 9.69 Å². The third-order valence-electron chi connectivity index (χ3n) is 5.89. The van der Waals surface area contributed by atoms with E-state index in [1.165, 1.54) is 5.56 Å². The molecule has 1 saturated heterocycles. The van der Waals surface area contributed by atoms with Crippen molar-refractivity contribution in [3.63, 3.8) is 0 Å². The largest absolute Gasteiger partial charge is 0.356 e. The van der Waals surface area contributed by atoms with E-state index in [2.05, 4.69) is 18.8 Å². The molecule has 3 heterocycles. The summed E-state index contributed by atoms with van der Waals surface area (Å²) in [5, 5.41) is 1.84. The molecule has 0 radical (unpaired) electrons. The Bertz CT molecular complexity index is 876. The fraction of sp³-hybridized carbons (Fsp3) is 0.571. The van der Waals surface area contributed by atoms with Crippen LogP contribution in [0.4, 0.5) is 8.78 Å². The number of aromatic nitrogens is 1. The number of amides is 1. The van der Waals surface area contributed by atoms with E-state index in [0.717, 1.165) is 29.4 Å². The molecule has 2 aromatic rings. The molecule has 2 aliphatic rings. The quantitative estimate of drug-likeness (QED) is 0.790. The molecule has 1 aromatic carbocycles. The summed E-state index contributed by atoms with van der Waals surface area (Å²) in [6.45, 7) is 5.60. The average molecular weight is 410 g/mol. The van der Waals surface area contributed by atoms with Crippen LogP contribution in [0.1, 0.15) is 37.6 Å². The number of hydrogen-bond donors (Lipinski definition) is 1. The van der Waals surface area contributed by atoms with Gasteiger partial charge in [-0.05, 0) is 42.5 Å². The minimum absolute atomic E-state index is 0.00780. The summed E-state index contributed by atoms with van der Waals surface area (Å²) in [7, 11) is 0. The van der Waals surface area contributed by atoms with E-state index in [4.69, 9.17) is 11.6 Å². The molecule has 4 nitrogen and oxygen atoms in total. The lowest BCUT2D eigenvalue weighted by Gasteiger charge is -2.44. The molecular formula is C21H26ClF2N3O. The SMILES string of the molecule is CC(C)C[C@H]1c2[nH]c3ccc(Cl)cc3c2CCN1C(=O)C1CN(CC(F)F)C1. The van der Waals surface area contributed by atoms with Crippen LogP contribution in [-0.2, 0) is 11.2 Å². The van der Waals surface area contributed by atoms with Crippen molar-refractivity contribution in [1.82, 2.24) is 14.8 Å². The van der Waals surface area contributed by atoms with Gasteiger partial charge in [-0.25, -0.2) is 8.78 Å². The number of likely N-dealkylation sites (tertiary alicyclic amines) is 1. The summed E-state index contributed by atoms with van der Waals surface area (Å²) in [6.07, 6.45) is -0.698. The summed E-state index contributed by atoms with van der Waals surface area (Å²) in [5.41, 5.74) is 3.40. The predicted octanol–water partition coefficient (Wildman–Crippen LogP) is 4.49. The molecule has 1 fully saturated rings. The topological polar surface area (TPSA) is 39.3 Å². The number of carbonyl (C=O) groups excluding carboxylic acids is 1. The van der Waals surface area contributed by atoms with Gasteiger partial charge in [-0.1, -0.05) is 25.4 Å². The van der Waals surface area contributed by atoms with E-state index in [0.29, 0.717) is 30.6 Å². The number of rotatable bonds is 5. The van der Waals surface area contributed by atoms with E-state index in [-0.39, 0.29) is 24.4 Å². The maximum atomic E-state index is 13.2. The highest BCUT2D eigenvalue weighted by molar-refractivity contribution is 6.31. The van der Waals surface area contributed by atoms with Crippen molar-refractivity contribution in [3.8, 4) is 0 Å². The van der Waals surface area contributed by atoms with Crippen LogP contribution < -0.4 is 0 Å². The maximum Gasteiger partial charge on any atom is 0.251 e. The summed E-state index contributed by atoms with van der Waals surface area (Å²) in [6, 6.07) is 5.84. The number of nitrogens with zero attached hydrogens (tertiary/aromatic N) is 2. The Morgan fingerprint density at radius 3 is 2.75 bits per heavy atom. The number of nitrogens with one attached hydrogen (secondary N) is 1. The normalized spacial score (nSPS) is 20.8. The summed E-state index contributed by atoms with van der Waals surface area (Å²) < 4.78 is 25.1. The Morgan fingerprint density at radius 1 is 1.32 bits per heavy atom. The van der Waals surface area contributed by atoms with Gasteiger partial charge >= 0.3 is 0 Å². The van der Waals surface area contributed by atoms with E-state index < -0.39 is 6.43 Å². The smallest absolute Gasteiger partial charge is 0.251 e. The second-order valence-electron chi connectivity index (χ2n) is 8.44. The third-order valence-corrected chi connectivity index (χ3v) is 6.13. The highest BCUT2D eigenvalue weighted by Crippen LogP contribution is 2.39. The summed E-state index contributed by atoms with van der Waals surface area (Å²) >= 11 is 6.20. The van der Waals surface area contributed by atoms with E-state index in [1.54, 1.807) is 4.90 Å². The zero-order valence-electron chi connectivity index (χ0n) is 16.2. The first-order chi connectivity index (χ1) is 13.3. The Hall–Kier alpha value is -1.66. The Kier molecular flexibility index (Phi) is 5.36. The number of benzene rings is 1.